The van der Waals surface area contributed by atoms with Crippen molar-refractivity contribution in [1.29, 1.82) is 0 Å². The lowest BCUT2D eigenvalue weighted by Gasteiger charge is -2.25. The van der Waals surface area contributed by atoms with E-state index in [1.54, 1.807) is 48.5 Å². The number of rotatable bonds is 7. The summed E-state index contributed by atoms with van der Waals surface area (Å²) in [7, 11) is -3.91. The van der Waals surface area contributed by atoms with E-state index >= 15 is 0 Å². The van der Waals surface area contributed by atoms with Crippen LogP contribution in [-0.4, -0.2) is 20.9 Å². The molecule has 0 saturated carbocycles. The van der Waals surface area contributed by atoms with Crippen LogP contribution in [0.3, 0.4) is 0 Å². The fourth-order valence-electron chi connectivity index (χ4n) is 3.38. The lowest BCUT2D eigenvalue weighted by atomic mass is 10.0. The topological polar surface area (TPSA) is 66.5 Å². The van der Waals surface area contributed by atoms with Crippen LogP contribution in [0.15, 0.2) is 83.8 Å². The number of anilines is 1. The number of aryl methyl sites for hydroxylation is 2. The minimum Gasteiger partial charge on any atom is -0.348 e. The van der Waals surface area contributed by atoms with E-state index in [0.29, 0.717) is 5.69 Å². The molecule has 6 heteroatoms. The maximum Gasteiger partial charge on any atom is 0.264 e. The first kappa shape index (κ1) is 21.6. The molecule has 30 heavy (non-hydrogen) atoms. The molecule has 0 bridgehead atoms. The third kappa shape index (κ3) is 4.89. The van der Waals surface area contributed by atoms with Crippen molar-refractivity contribution in [1.82, 2.24) is 5.32 Å². The van der Waals surface area contributed by atoms with Gasteiger partial charge in [-0.1, -0.05) is 54.6 Å². The molecule has 3 aromatic rings. The SMILES string of the molecule is Cc1cccc(S(=O)(=O)N(CC(=O)NC(C)c2ccccc2C)c2ccccc2)c1. The molecule has 0 spiro atoms. The van der Waals surface area contributed by atoms with Crippen LogP contribution in [-0.2, 0) is 14.8 Å². The van der Waals surface area contributed by atoms with Crippen molar-refractivity contribution in [2.45, 2.75) is 31.7 Å². The molecule has 0 aliphatic carbocycles. The fraction of sp³-hybridized carbons (Fsp3) is 0.208. The standard InChI is InChI=1S/C24H26N2O3S/c1-18-10-9-14-22(16-18)30(28,29)26(21-12-5-4-6-13-21)17-24(27)25-20(3)23-15-8-7-11-19(23)2/h4-16,20H,17H2,1-3H3,(H,25,27). The number of hydrogen-bond acceptors (Lipinski definition) is 3. The normalized spacial score (nSPS) is 12.2. The van der Waals surface area contributed by atoms with Crippen LogP contribution in [0.1, 0.15) is 29.7 Å². The lowest BCUT2D eigenvalue weighted by Crippen LogP contribution is -2.41. The van der Waals surface area contributed by atoms with Crippen LogP contribution in [0.4, 0.5) is 5.69 Å². The van der Waals surface area contributed by atoms with Crippen molar-refractivity contribution in [3.63, 3.8) is 0 Å². The average molecular weight is 423 g/mol. The Morgan fingerprint density at radius 1 is 0.933 bits per heavy atom. The molecule has 0 saturated heterocycles. The summed E-state index contributed by atoms with van der Waals surface area (Å²) in [5, 5.41) is 2.93. The Hall–Kier alpha value is -3.12. The highest BCUT2D eigenvalue weighted by Gasteiger charge is 2.27. The van der Waals surface area contributed by atoms with Gasteiger partial charge < -0.3 is 5.32 Å². The van der Waals surface area contributed by atoms with Crippen LogP contribution < -0.4 is 9.62 Å². The molecule has 0 aromatic heterocycles. The number of nitrogens with one attached hydrogen (secondary N) is 1. The van der Waals surface area contributed by atoms with E-state index in [1.807, 2.05) is 51.1 Å². The van der Waals surface area contributed by atoms with Gasteiger partial charge in [-0.2, -0.15) is 0 Å². The molecule has 5 nitrogen and oxygen atoms in total. The van der Waals surface area contributed by atoms with E-state index in [0.717, 1.165) is 21.0 Å². The molecule has 0 heterocycles. The third-order valence-corrected chi connectivity index (χ3v) is 6.71. The van der Waals surface area contributed by atoms with Gasteiger partial charge in [0.25, 0.3) is 10.0 Å². The van der Waals surface area contributed by atoms with E-state index in [9.17, 15) is 13.2 Å². The summed E-state index contributed by atoms with van der Waals surface area (Å²) in [6, 6.07) is 22.9. The zero-order valence-electron chi connectivity index (χ0n) is 17.4. The molecule has 1 amide bonds. The minimum absolute atomic E-state index is 0.158. The maximum absolute atomic E-state index is 13.4. The fourth-order valence-corrected chi connectivity index (χ4v) is 4.91. The highest BCUT2D eigenvalue weighted by molar-refractivity contribution is 7.92. The third-order valence-electron chi connectivity index (χ3n) is 4.94. The summed E-state index contributed by atoms with van der Waals surface area (Å²) in [4.78, 5) is 13.0. The second-order valence-corrected chi connectivity index (χ2v) is 9.17. The van der Waals surface area contributed by atoms with Crippen LogP contribution in [0.2, 0.25) is 0 Å². The largest absolute Gasteiger partial charge is 0.348 e. The Kier molecular flexibility index (Phi) is 6.57. The van der Waals surface area contributed by atoms with Gasteiger partial charge in [0.2, 0.25) is 5.91 Å². The number of nitrogens with zero attached hydrogens (tertiary/aromatic N) is 1. The van der Waals surface area contributed by atoms with Crippen molar-refractivity contribution >= 4 is 21.6 Å². The van der Waals surface area contributed by atoms with Gasteiger partial charge in [-0.05, 0) is 61.7 Å². The number of carbonyl (C=O) groups excluding carboxylic acids is 1. The Morgan fingerprint density at radius 2 is 1.60 bits per heavy atom. The number of carbonyl (C=O) groups is 1. The second-order valence-electron chi connectivity index (χ2n) is 7.31. The van der Waals surface area contributed by atoms with E-state index in [2.05, 4.69) is 5.32 Å². The van der Waals surface area contributed by atoms with Crippen LogP contribution in [0, 0.1) is 13.8 Å². The molecule has 0 aliphatic heterocycles. The van der Waals surface area contributed by atoms with E-state index < -0.39 is 10.0 Å². The van der Waals surface area contributed by atoms with E-state index in [-0.39, 0.29) is 23.4 Å². The van der Waals surface area contributed by atoms with Crippen LogP contribution in [0.25, 0.3) is 0 Å². The zero-order chi connectivity index (χ0) is 21.7. The first-order valence-corrected chi connectivity index (χ1v) is 11.2. The number of amides is 1. The van der Waals surface area contributed by atoms with Crippen molar-refractivity contribution in [3.8, 4) is 0 Å². The molecule has 3 aromatic carbocycles. The molecule has 1 atom stereocenters. The Balaban J connectivity index is 1.89. The number of benzene rings is 3. The van der Waals surface area contributed by atoms with Gasteiger partial charge in [0.1, 0.15) is 6.54 Å². The van der Waals surface area contributed by atoms with Gasteiger partial charge >= 0.3 is 0 Å². The van der Waals surface area contributed by atoms with Crippen LogP contribution in [0.5, 0.6) is 0 Å². The Labute approximate surface area is 178 Å². The quantitative estimate of drug-likeness (QED) is 0.615. The van der Waals surface area contributed by atoms with Gasteiger partial charge in [-0.25, -0.2) is 8.42 Å². The predicted octanol–water partition coefficient (Wildman–Crippen LogP) is 4.38. The molecular weight excluding hydrogens is 396 g/mol. The van der Waals surface area contributed by atoms with Crippen molar-refractivity contribution in [3.05, 3.63) is 95.6 Å². The summed E-state index contributed by atoms with van der Waals surface area (Å²) in [5.74, 6) is -0.370. The zero-order valence-corrected chi connectivity index (χ0v) is 18.2. The summed E-state index contributed by atoms with van der Waals surface area (Å²) in [6.07, 6.45) is 0. The summed E-state index contributed by atoms with van der Waals surface area (Å²) in [6.45, 7) is 5.40. The van der Waals surface area contributed by atoms with Crippen molar-refractivity contribution in [2.75, 3.05) is 10.8 Å². The molecule has 1 N–H and O–H groups in total. The average Bonchev–Trinajstić information content (AvgIpc) is 2.73. The predicted molar refractivity (Wildman–Crippen MR) is 120 cm³/mol. The van der Waals surface area contributed by atoms with Crippen LogP contribution >= 0.6 is 0 Å². The van der Waals surface area contributed by atoms with E-state index in [1.165, 1.54) is 0 Å². The number of para-hydroxylation sites is 1. The number of sulfonamides is 1. The number of hydrogen-bond donors (Lipinski definition) is 1. The molecule has 0 fully saturated rings. The van der Waals surface area contributed by atoms with Gasteiger partial charge in [-0.15, -0.1) is 0 Å². The first-order chi connectivity index (χ1) is 14.3. The highest BCUT2D eigenvalue weighted by atomic mass is 32.2. The monoisotopic (exact) mass is 422 g/mol. The summed E-state index contributed by atoms with van der Waals surface area (Å²) >= 11 is 0. The maximum atomic E-state index is 13.4. The molecule has 0 aliphatic rings. The molecular formula is C24H26N2O3S. The molecule has 3 rings (SSSR count). The van der Waals surface area contributed by atoms with E-state index in [4.69, 9.17) is 0 Å². The smallest absolute Gasteiger partial charge is 0.264 e. The first-order valence-electron chi connectivity index (χ1n) is 9.78. The Bertz CT molecular complexity index is 1130. The molecule has 156 valence electrons. The molecule has 1 unspecified atom stereocenters. The summed E-state index contributed by atoms with van der Waals surface area (Å²) in [5.41, 5.74) is 3.34. The summed E-state index contributed by atoms with van der Waals surface area (Å²) < 4.78 is 27.9. The van der Waals surface area contributed by atoms with Gasteiger partial charge in [0.15, 0.2) is 0 Å². The van der Waals surface area contributed by atoms with Crippen molar-refractivity contribution < 1.29 is 13.2 Å². The molecule has 0 radical (unpaired) electrons. The van der Waals surface area contributed by atoms with Gasteiger partial charge in [-0.3, -0.25) is 9.10 Å². The Morgan fingerprint density at radius 3 is 2.27 bits per heavy atom. The van der Waals surface area contributed by atoms with Gasteiger partial charge in [0.05, 0.1) is 16.6 Å². The van der Waals surface area contributed by atoms with Crippen molar-refractivity contribution in [2.24, 2.45) is 0 Å². The highest BCUT2D eigenvalue weighted by Crippen LogP contribution is 2.24. The second kappa shape index (κ2) is 9.13. The lowest BCUT2D eigenvalue weighted by molar-refractivity contribution is -0.120. The van der Waals surface area contributed by atoms with Gasteiger partial charge in [0, 0.05) is 0 Å². The minimum atomic E-state index is -3.91.